The molecule has 4 aliphatic heterocycles. The molecule has 2 aromatic rings. The third-order valence-corrected chi connectivity index (χ3v) is 8.49. The molecule has 0 saturated carbocycles. The number of aromatic nitrogens is 2. The summed E-state index contributed by atoms with van der Waals surface area (Å²) in [6.07, 6.45) is -0.392. The van der Waals surface area contributed by atoms with Crippen LogP contribution in [0, 0.1) is 0 Å². The molecule has 16 heteroatoms. The number of guanidine groups is 2. The van der Waals surface area contributed by atoms with Crippen LogP contribution < -0.4 is 48.4 Å². The van der Waals surface area contributed by atoms with Crippen LogP contribution in [0.3, 0.4) is 0 Å². The quantitative estimate of drug-likeness (QED) is 0.163. The van der Waals surface area contributed by atoms with Crippen molar-refractivity contribution in [3.8, 4) is 5.75 Å². The third-order valence-electron chi connectivity index (χ3n) is 8.49. The normalized spacial score (nSPS) is 28.7. The van der Waals surface area contributed by atoms with E-state index in [2.05, 4.69) is 44.8 Å². The minimum Gasteiger partial charge on any atom is -0.492 e. The SMILES string of the molecule is CC1(C)CCOc2c(C(=O)NC3CN4C(N)=N[C@@H](CNC(=O)c5cc(=O)[nH]c(=O)[nH]5)[C@@H]5[NH+]=C(N)NC54[C@@H]3O)cccc21. The number of H-pyrrole nitrogens is 2. The number of aliphatic hydroxyl groups is 1. The average Bonchev–Trinajstić information content (AvgIpc) is 3.42. The van der Waals surface area contributed by atoms with E-state index in [-0.39, 0.29) is 36.1 Å². The molecule has 4 aliphatic rings. The summed E-state index contributed by atoms with van der Waals surface area (Å²) in [6, 6.07) is 4.22. The predicted molar refractivity (Wildman–Crippen MR) is 149 cm³/mol. The highest BCUT2D eigenvalue weighted by molar-refractivity contribution is 5.98. The number of fused-ring (bicyclic) bond motifs is 1. The van der Waals surface area contributed by atoms with Crippen LogP contribution in [0.15, 0.2) is 38.8 Å². The Morgan fingerprint density at radius 3 is 2.79 bits per heavy atom. The van der Waals surface area contributed by atoms with Gasteiger partial charge in [0.2, 0.25) is 5.66 Å². The van der Waals surface area contributed by atoms with Crippen LogP contribution in [-0.2, 0) is 5.41 Å². The third kappa shape index (κ3) is 4.25. The number of benzene rings is 1. The molecule has 2 unspecified atom stereocenters. The molecule has 222 valence electrons. The van der Waals surface area contributed by atoms with Crippen LogP contribution in [-0.4, -0.2) is 93.3 Å². The lowest BCUT2D eigenvalue weighted by Gasteiger charge is -2.43. The van der Waals surface area contributed by atoms with E-state index in [1.54, 1.807) is 11.0 Å². The molecule has 1 saturated heterocycles. The number of carbonyl (C=O) groups excluding carboxylic acids is 2. The number of amides is 2. The lowest BCUT2D eigenvalue weighted by Crippen LogP contribution is -2.88. The molecule has 1 spiro atoms. The van der Waals surface area contributed by atoms with Gasteiger partial charge in [0.1, 0.15) is 23.6 Å². The molecule has 1 fully saturated rings. The van der Waals surface area contributed by atoms with Crippen molar-refractivity contribution in [3.63, 3.8) is 0 Å². The minimum atomic E-state index is -1.30. The van der Waals surface area contributed by atoms with Gasteiger partial charge in [-0.05, 0) is 17.9 Å². The molecule has 1 aromatic heterocycles. The summed E-state index contributed by atoms with van der Waals surface area (Å²) in [6.45, 7) is 4.74. The number of aliphatic imine (C=N–C) groups is 1. The van der Waals surface area contributed by atoms with E-state index < -0.39 is 53.0 Å². The summed E-state index contributed by atoms with van der Waals surface area (Å²) in [5.74, 6) is -0.360. The van der Waals surface area contributed by atoms with Gasteiger partial charge in [0.25, 0.3) is 17.4 Å². The van der Waals surface area contributed by atoms with Gasteiger partial charge in [0, 0.05) is 24.7 Å². The molecular formula is C26H33N10O6+. The number of para-hydroxylation sites is 1. The van der Waals surface area contributed by atoms with Gasteiger partial charge in [0.15, 0.2) is 12.0 Å². The number of nitrogens with two attached hydrogens (primary N) is 2. The Balaban J connectivity index is 1.23. The van der Waals surface area contributed by atoms with Crippen LogP contribution in [0.1, 0.15) is 46.7 Å². The predicted octanol–water partition coefficient (Wildman–Crippen LogP) is -4.91. The fourth-order valence-corrected chi connectivity index (χ4v) is 6.37. The highest BCUT2D eigenvalue weighted by Crippen LogP contribution is 2.41. The van der Waals surface area contributed by atoms with Crippen molar-refractivity contribution >= 4 is 23.7 Å². The van der Waals surface area contributed by atoms with E-state index in [4.69, 9.17) is 16.2 Å². The van der Waals surface area contributed by atoms with E-state index >= 15 is 0 Å². The number of hydrogen-bond donors (Lipinski definition) is 9. The zero-order chi connectivity index (χ0) is 30.0. The summed E-state index contributed by atoms with van der Waals surface area (Å²) in [5, 5.41) is 20.4. The first-order chi connectivity index (χ1) is 19.9. The van der Waals surface area contributed by atoms with E-state index in [1.807, 2.05) is 17.1 Å². The van der Waals surface area contributed by atoms with Gasteiger partial charge in [-0.1, -0.05) is 26.0 Å². The first kappa shape index (κ1) is 27.3. The van der Waals surface area contributed by atoms with Crippen LogP contribution in [0.5, 0.6) is 5.75 Å². The Morgan fingerprint density at radius 2 is 2.02 bits per heavy atom. The van der Waals surface area contributed by atoms with Crippen LogP contribution in [0.25, 0.3) is 0 Å². The zero-order valence-corrected chi connectivity index (χ0v) is 23.0. The highest BCUT2D eigenvalue weighted by Gasteiger charge is 2.68. The Morgan fingerprint density at radius 1 is 1.24 bits per heavy atom. The number of aromatic amines is 2. The van der Waals surface area contributed by atoms with E-state index in [1.165, 1.54) is 0 Å². The maximum absolute atomic E-state index is 13.5. The van der Waals surface area contributed by atoms with Crippen molar-refractivity contribution in [1.82, 2.24) is 30.8 Å². The molecule has 42 heavy (non-hydrogen) atoms. The second-order valence-corrected chi connectivity index (χ2v) is 11.6. The summed E-state index contributed by atoms with van der Waals surface area (Å²) in [7, 11) is 0. The van der Waals surface area contributed by atoms with Gasteiger partial charge >= 0.3 is 11.6 Å². The Kier molecular flexibility index (Phi) is 6.25. The fraction of sp³-hybridized carbons (Fsp3) is 0.462. The topological polar surface area (TPSA) is 247 Å². The summed E-state index contributed by atoms with van der Waals surface area (Å²) in [4.78, 5) is 62.9. The van der Waals surface area contributed by atoms with Crippen LogP contribution in [0.4, 0.5) is 0 Å². The molecular weight excluding hydrogens is 548 g/mol. The molecule has 2 amide bonds. The summed E-state index contributed by atoms with van der Waals surface area (Å²) in [5.41, 5.74) is 10.6. The largest absolute Gasteiger partial charge is 0.492 e. The number of rotatable bonds is 5. The van der Waals surface area contributed by atoms with Crippen molar-refractivity contribution in [2.24, 2.45) is 16.5 Å². The van der Waals surface area contributed by atoms with Gasteiger partial charge < -0.3 is 36.1 Å². The number of nitrogens with zero attached hydrogens (tertiary/aromatic N) is 2. The molecule has 5 atom stereocenters. The maximum atomic E-state index is 13.5. The first-order valence-corrected chi connectivity index (χ1v) is 13.6. The Hall–Kier alpha value is -4.86. The smallest absolute Gasteiger partial charge is 0.343 e. The maximum Gasteiger partial charge on any atom is 0.343 e. The molecule has 0 bridgehead atoms. The monoisotopic (exact) mass is 581 g/mol. The molecule has 1 aromatic carbocycles. The van der Waals surface area contributed by atoms with Crippen molar-refractivity contribution < 1.29 is 24.4 Å². The van der Waals surface area contributed by atoms with Gasteiger partial charge in [-0.2, -0.15) is 0 Å². The van der Waals surface area contributed by atoms with Crippen LogP contribution in [0.2, 0.25) is 0 Å². The zero-order valence-electron chi connectivity index (χ0n) is 23.0. The molecule has 5 heterocycles. The number of carbonyl (C=O) groups is 2. The number of ether oxygens (including phenoxy) is 1. The fourth-order valence-electron chi connectivity index (χ4n) is 6.37. The number of nitrogens with one attached hydrogen (secondary N) is 6. The minimum absolute atomic E-state index is 0.0667. The molecule has 0 aliphatic carbocycles. The van der Waals surface area contributed by atoms with Gasteiger partial charge in [-0.25, -0.2) is 15.1 Å². The second kappa shape index (κ2) is 9.61. The van der Waals surface area contributed by atoms with Crippen LogP contribution >= 0.6 is 0 Å². The van der Waals surface area contributed by atoms with E-state index in [0.717, 1.165) is 18.1 Å². The lowest BCUT2D eigenvalue weighted by molar-refractivity contribution is -0.513. The Labute approximate surface area is 238 Å². The number of hydrogen-bond acceptors (Lipinski definition) is 11. The van der Waals surface area contributed by atoms with Gasteiger partial charge in [-0.15, -0.1) is 0 Å². The van der Waals surface area contributed by atoms with E-state index in [0.29, 0.717) is 17.9 Å². The number of aliphatic hydroxyl groups excluding tert-OH is 1. The van der Waals surface area contributed by atoms with Gasteiger partial charge in [0.05, 0.1) is 18.2 Å². The summed E-state index contributed by atoms with van der Waals surface area (Å²) >= 11 is 0. The standard InChI is InChI=1S/C26H32N10O6/c1-25(2)6-7-42-17-11(4-3-5-12(17)25)20(39)30-15-10-36-23(28)31-14(18-26(36,19(15)38)35-22(27)34-18)9-29-21(40)13-8-16(37)33-24(41)32-13/h3-5,8,14-15,18-19,38H,6-7,9-10H2,1-2H3,(H2,28,31)(H,29,40)(H,30,39)(H3,27,34,35)(H2,32,33,37,41)/p+1/t14-,15?,18-,19+,26?/m0/s1. The van der Waals surface area contributed by atoms with Crippen molar-refractivity contribution in [1.29, 1.82) is 0 Å². The average molecular weight is 582 g/mol. The van der Waals surface area contributed by atoms with E-state index in [9.17, 15) is 24.3 Å². The molecule has 0 radical (unpaired) electrons. The molecule has 16 nitrogen and oxygen atoms in total. The molecule has 6 rings (SSSR count). The lowest BCUT2D eigenvalue weighted by atomic mass is 9.79. The van der Waals surface area contributed by atoms with Crippen molar-refractivity contribution in [2.75, 3.05) is 19.7 Å². The summed E-state index contributed by atoms with van der Waals surface area (Å²) < 4.78 is 5.91. The first-order valence-electron chi connectivity index (χ1n) is 13.6. The second-order valence-electron chi connectivity index (χ2n) is 11.6. The van der Waals surface area contributed by atoms with Crippen molar-refractivity contribution in [2.45, 2.75) is 55.6 Å². The van der Waals surface area contributed by atoms with Crippen molar-refractivity contribution in [3.05, 3.63) is 61.9 Å². The Bertz CT molecular complexity index is 1620. The highest BCUT2D eigenvalue weighted by atomic mass is 16.5. The van der Waals surface area contributed by atoms with Gasteiger partial charge in [-0.3, -0.25) is 30.1 Å². The molecule has 11 N–H and O–H groups in total.